The Balaban J connectivity index is 1.79. The van der Waals surface area contributed by atoms with Gasteiger partial charge in [-0.05, 0) is 47.1 Å². The van der Waals surface area contributed by atoms with E-state index in [0.29, 0.717) is 0 Å². The second-order valence-corrected chi connectivity index (χ2v) is 5.51. The van der Waals surface area contributed by atoms with Gasteiger partial charge in [0.05, 0.1) is 23.6 Å². The molecule has 0 aliphatic heterocycles. The first-order valence-electron chi connectivity index (χ1n) is 6.71. The van der Waals surface area contributed by atoms with Crippen molar-refractivity contribution in [3.8, 4) is 5.69 Å². The van der Waals surface area contributed by atoms with E-state index in [-0.39, 0.29) is 6.04 Å². The summed E-state index contributed by atoms with van der Waals surface area (Å²) in [5, 5.41) is 7.85. The van der Waals surface area contributed by atoms with Crippen LogP contribution in [0.5, 0.6) is 0 Å². The van der Waals surface area contributed by atoms with Crippen molar-refractivity contribution in [2.75, 3.05) is 5.32 Å². The summed E-state index contributed by atoms with van der Waals surface area (Å²) in [6.45, 7) is 2.10. The molecule has 5 heteroatoms. The molecule has 0 fully saturated rings. The van der Waals surface area contributed by atoms with Crippen LogP contribution in [0.1, 0.15) is 18.5 Å². The van der Waals surface area contributed by atoms with Gasteiger partial charge in [0.2, 0.25) is 0 Å². The fourth-order valence-corrected chi connectivity index (χ4v) is 2.46. The molecule has 0 saturated carbocycles. The van der Waals surface area contributed by atoms with Gasteiger partial charge < -0.3 is 5.32 Å². The molecule has 21 heavy (non-hydrogen) atoms. The lowest BCUT2D eigenvalue weighted by atomic mass is 10.2. The summed E-state index contributed by atoms with van der Waals surface area (Å²) in [5.41, 5.74) is 3.14. The molecular weight excluding hydrogens is 328 g/mol. The average Bonchev–Trinajstić information content (AvgIpc) is 3.00. The molecule has 0 aliphatic rings. The monoisotopic (exact) mass is 342 g/mol. The van der Waals surface area contributed by atoms with Gasteiger partial charge in [-0.25, -0.2) is 9.67 Å². The molecule has 0 spiro atoms. The molecule has 3 rings (SSSR count). The second-order valence-electron chi connectivity index (χ2n) is 4.76. The number of para-hydroxylation sites is 1. The topological polar surface area (TPSA) is 42.7 Å². The highest BCUT2D eigenvalue weighted by atomic mass is 79.9. The molecule has 0 amide bonds. The van der Waals surface area contributed by atoms with Crippen LogP contribution in [0.25, 0.3) is 5.69 Å². The summed E-state index contributed by atoms with van der Waals surface area (Å²) in [6, 6.07) is 14.1. The number of nitrogens with one attached hydrogen (secondary N) is 1. The molecule has 0 bridgehead atoms. The Morgan fingerprint density at radius 2 is 1.95 bits per heavy atom. The maximum atomic E-state index is 4.42. The minimum Gasteiger partial charge on any atom is -0.376 e. The molecule has 0 aliphatic carbocycles. The Morgan fingerprint density at radius 1 is 1.14 bits per heavy atom. The lowest BCUT2D eigenvalue weighted by Gasteiger charge is -2.14. The molecule has 1 atom stereocenters. The van der Waals surface area contributed by atoms with Gasteiger partial charge in [0.15, 0.2) is 0 Å². The van der Waals surface area contributed by atoms with Gasteiger partial charge in [0.25, 0.3) is 0 Å². The van der Waals surface area contributed by atoms with E-state index in [4.69, 9.17) is 0 Å². The molecular formula is C16H15BrN4. The van der Waals surface area contributed by atoms with Gasteiger partial charge in [-0.15, -0.1) is 0 Å². The first-order chi connectivity index (χ1) is 10.2. The van der Waals surface area contributed by atoms with Crippen molar-refractivity contribution in [3.63, 3.8) is 0 Å². The van der Waals surface area contributed by atoms with Crippen LogP contribution in [0.2, 0.25) is 0 Å². The van der Waals surface area contributed by atoms with Gasteiger partial charge in [-0.3, -0.25) is 0 Å². The Bertz CT molecular complexity index is 724. The largest absolute Gasteiger partial charge is 0.376 e. The molecule has 1 unspecified atom stereocenters. The van der Waals surface area contributed by atoms with Crippen molar-refractivity contribution in [3.05, 3.63) is 71.2 Å². The second kappa shape index (κ2) is 6.10. The van der Waals surface area contributed by atoms with Crippen LogP contribution in [-0.4, -0.2) is 14.8 Å². The summed E-state index contributed by atoms with van der Waals surface area (Å²) in [5.74, 6) is 0. The van der Waals surface area contributed by atoms with Crippen molar-refractivity contribution in [1.29, 1.82) is 0 Å². The first kappa shape index (κ1) is 13.8. The smallest absolute Gasteiger partial charge is 0.129 e. The fourth-order valence-electron chi connectivity index (χ4n) is 2.09. The fraction of sp³-hybridized carbons (Fsp3) is 0.125. The molecule has 0 saturated heterocycles. The lowest BCUT2D eigenvalue weighted by Crippen LogP contribution is -2.06. The van der Waals surface area contributed by atoms with E-state index in [1.165, 1.54) is 0 Å². The van der Waals surface area contributed by atoms with Gasteiger partial charge in [0, 0.05) is 18.0 Å². The molecule has 4 nitrogen and oxygen atoms in total. The van der Waals surface area contributed by atoms with E-state index in [1.54, 1.807) is 6.20 Å². The number of anilines is 1. The number of nitrogens with zero attached hydrogens (tertiary/aromatic N) is 3. The highest BCUT2D eigenvalue weighted by molar-refractivity contribution is 9.10. The zero-order chi connectivity index (χ0) is 14.7. The van der Waals surface area contributed by atoms with E-state index in [9.17, 15) is 0 Å². The molecule has 2 aromatic heterocycles. The minimum absolute atomic E-state index is 0.142. The number of halogens is 1. The third kappa shape index (κ3) is 3.13. The number of hydrogen-bond donors (Lipinski definition) is 1. The third-order valence-electron chi connectivity index (χ3n) is 3.25. The maximum Gasteiger partial charge on any atom is 0.129 e. The highest BCUT2D eigenvalue weighted by Crippen LogP contribution is 2.24. The van der Waals surface area contributed by atoms with E-state index in [1.807, 2.05) is 59.5 Å². The van der Waals surface area contributed by atoms with Crippen molar-refractivity contribution in [2.45, 2.75) is 13.0 Å². The van der Waals surface area contributed by atoms with Crippen LogP contribution in [0.4, 0.5) is 5.69 Å². The summed E-state index contributed by atoms with van der Waals surface area (Å²) in [4.78, 5) is 4.21. The Labute approximate surface area is 132 Å². The zero-order valence-corrected chi connectivity index (χ0v) is 13.2. The van der Waals surface area contributed by atoms with Gasteiger partial charge >= 0.3 is 0 Å². The molecule has 106 valence electrons. The lowest BCUT2D eigenvalue weighted by molar-refractivity contribution is 0.867. The predicted molar refractivity (Wildman–Crippen MR) is 87.5 cm³/mol. The molecule has 1 aromatic carbocycles. The van der Waals surface area contributed by atoms with Crippen molar-refractivity contribution < 1.29 is 0 Å². The molecule has 2 heterocycles. The number of aromatic nitrogens is 3. The highest BCUT2D eigenvalue weighted by Gasteiger charge is 2.10. The van der Waals surface area contributed by atoms with Crippen LogP contribution in [0.15, 0.2) is 65.7 Å². The van der Waals surface area contributed by atoms with E-state index in [2.05, 4.69) is 38.3 Å². The van der Waals surface area contributed by atoms with E-state index in [0.717, 1.165) is 21.5 Å². The summed E-state index contributed by atoms with van der Waals surface area (Å²) in [7, 11) is 0. The zero-order valence-electron chi connectivity index (χ0n) is 11.6. The summed E-state index contributed by atoms with van der Waals surface area (Å²) in [6.07, 6.45) is 5.68. The Hall–Kier alpha value is -2.14. The van der Waals surface area contributed by atoms with E-state index >= 15 is 0 Å². The van der Waals surface area contributed by atoms with E-state index < -0.39 is 0 Å². The van der Waals surface area contributed by atoms with Crippen LogP contribution >= 0.6 is 15.9 Å². The number of hydrogen-bond acceptors (Lipinski definition) is 3. The number of pyridine rings is 1. The normalized spacial score (nSPS) is 12.1. The van der Waals surface area contributed by atoms with Crippen molar-refractivity contribution in [2.24, 2.45) is 0 Å². The third-order valence-corrected chi connectivity index (χ3v) is 3.89. The number of benzene rings is 1. The average molecular weight is 343 g/mol. The van der Waals surface area contributed by atoms with Crippen molar-refractivity contribution in [1.82, 2.24) is 14.8 Å². The Kier molecular flexibility index (Phi) is 4.01. The van der Waals surface area contributed by atoms with Gasteiger partial charge in [-0.1, -0.05) is 18.2 Å². The molecule has 1 N–H and O–H groups in total. The summed E-state index contributed by atoms with van der Waals surface area (Å²) < 4.78 is 2.69. The molecule has 3 aromatic rings. The van der Waals surface area contributed by atoms with Gasteiger partial charge in [-0.2, -0.15) is 5.10 Å². The number of rotatable bonds is 4. The van der Waals surface area contributed by atoms with Crippen LogP contribution in [0, 0.1) is 0 Å². The van der Waals surface area contributed by atoms with Crippen LogP contribution in [-0.2, 0) is 0 Å². The van der Waals surface area contributed by atoms with Crippen LogP contribution < -0.4 is 5.32 Å². The van der Waals surface area contributed by atoms with Crippen LogP contribution in [0.3, 0.4) is 0 Å². The SMILES string of the molecule is CC(Nc1cccnc1Br)c1cnn(-c2ccccc2)c1. The minimum atomic E-state index is 0.142. The van der Waals surface area contributed by atoms with Crippen molar-refractivity contribution >= 4 is 21.6 Å². The Morgan fingerprint density at radius 3 is 2.71 bits per heavy atom. The first-order valence-corrected chi connectivity index (χ1v) is 7.50. The maximum absolute atomic E-state index is 4.42. The predicted octanol–water partition coefficient (Wildman–Crippen LogP) is 4.20. The molecule has 0 radical (unpaired) electrons. The van der Waals surface area contributed by atoms with Gasteiger partial charge in [0.1, 0.15) is 4.60 Å². The quantitative estimate of drug-likeness (QED) is 0.722. The summed E-state index contributed by atoms with van der Waals surface area (Å²) >= 11 is 3.44. The standard InChI is InChI=1S/C16H15BrN4/c1-12(20-15-8-5-9-18-16(15)17)13-10-19-21(11-13)14-6-3-2-4-7-14/h2-12,20H,1H3.